The van der Waals surface area contributed by atoms with Crippen LogP contribution in [0, 0.1) is 12.7 Å². The van der Waals surface area contributed by atoms with E-state index in [0.29, 0.717) is 56.4 Å². The summed E-state index contributed by atoms with van der Waals surface area (Å²) < 4.78 is 25.7. The third-order valence-corrected chi connectivity index (χ3v) is 7.71. The summed E-state index contributed by atoms with van der Waals surface area (Å²) in [5.74, 6) is 0.468. The van der Waals surface area contributed by atoms with Crippen LogP contribution in [0.5, 0.6) is 5.75 Å². The van der Waals surface area contributed by atoms with Crippen LogP contribution in [-0.2, 0) is 24.4 Å². The van der Waals surface area contributed by atoms with E-state index in [1.807, 2.05) is 9.80 Å². The summed E-state index contributed by atoms with van der Waals surface area (Å²) in [4.78, 5) is 40.4. The fourth-order valence-corrected chi connectivity index (χ4v) is 5.26. The zero-order valence-electron chi connectivity index (χ0n) is 24.3. The van der Waals surface area contributed by atoms with E-state index in [-0.39, 0.29) is 50.0 Å². The van der Waals surface area contributed by atoms with Crippen molar-refractivity contribution >= 4 is 31.1 Å². The minimum atomic E-state index is -0.820. The van der Waals surface area contributed by atoms with Crippen molar-refractivity contribution in [2.45, 2.75) is 58.4 Å². The average molecular weight is 616 g/mol. The SMILES string of the molecule is CC(=O)N1CCC(Nc2cc(C(=O)NC[C@H](O)CN3CCc4cc(OCc5ocnc5C)c(F)cc4C3)ncn2)CC1.S. The molecular weight excluding hydrogens is 577 g/mol. The first-order valence-electron chi connectivity index (χ1n) is 14.1. The number of aliphatic hydroxyl groups excluding tert-OH is 1. The summed E-state index contributed by atoms with van der Waals surface area (Å²) in [6.07, 6.45) is 4.11. The molecule has 5 rings (SSSR count). The van der Waals surface area contributed by atoms with Crippen molar-refractivity contribution in [1.29, 1.82) is 0 Å². The number of anilines is 1. The summed E-state index contributed by atoms with van der Waals surface area (Å²) in [7, 11) is 0. The maximum atomic E-state index is 14.8. The smallest absolute Gasteiger partial charge is 0.270 e. The molecule has 3 N–H and O–H groups in total. The summed E-state index contributed by atoms with van der Waals surface area (Å²) in [6.45, 7) is 6.35. The minimum Gasteiger partial charge on any atom is -0.482 e. The summed E-state index contributed by atoms with van der Waals surface area (Å²) >= 11 is 0. The maximum Gasteiger partial charge on any atom is 0.270 e. The highest BCUT2D eigenvalue weighted by Crippen LogP contribution is 2.28. The number of aliphatic hydroxyl groups is 1. The lowest BCUT2D eigenvalue weighted by Crippen LogP contribution is -2.42. The van der Waals surface area contributed by atoms with Crippen molar-refractivity contribution < 1.29 is 28.2 Å². The molecule has 0 unspecified atom stereocenters. The third-order valence-electron chi connectivity index (χ3n) is 7.71. The number of nitrogens with one attached hydrogen (secondary N) is 2. The number of halogens is 1. The van der Waals surface area contributed by atoms with Gasteiger partial charge < -0.3 is 29.8 Å². The Morgan fingerprint density at radius 1 is 1.16 bits per heavy atom. The van der Waals surface area contributed by atoms with Gasteiger partial charge in [0.1, 0.15) is 24.4 Å². The molecule has 232 valence electrons. The zero-order chi connectivity index (χ0) is 29.6. The number of benzene rings is 1. The number of rotatable bonds is 10. The first-order chi connectivity index (χ1) is 20.2. The molecule has 2 amide bonds. The molecule has 43 heavy (non-hydrogen) atoms. The molecular formula is C29H38FN7O5S. The predicted octanol–water partition coefficient (Wildman–Crippen LogP) is 2.18. The van der Waals surface area contributed by atoms with Crippen LogP contribution in [0.3, 0.4) is 0 Å². The summed E-state index contributed by atoms with van der Waals surface area (Å²) in [5.41, 5.74) is 2.74. The third kappa shape index (κ3) is 8.42. The van der Waals surface area contributed by atoms with Crippen LogP contribution >= 0.6 is 13.5 Å². The monoisotopic (exact) mass is 615 g/mol. The topological polar surface area (TPSA) is 146 Å². The van der Waals surface area contributed by atoms with Crippen molar-refractivity contribution in [3.8, 4) is 5.75 Å². The molecule has 2 aromatic heterocycles. The van der Waals surface area contributed by atoms with Crippen LogP contribution < -0.4 is 15.4 Å². The zero-order valence-corrected chi connectivity index (χ0v) is 25.3. The average Bonchev–Trinajstić information content (AvgIpc) is 3.39. The fourth-order valence-electron chi connectivity index (χ4n) is 5.26. The molecule has 0 aliphatic carbocycles. The number of carbonyl (C=O) groups is 2. The summed E-state index contributed by atoms with van der Waals surface area (Å²) in [6, 6.07) is 4.94. The van der Waals surface area contributed by atoms with Crippen LogP contribution in [-0.4, -0.2) is 86.5 Å². The number of hydrogen-bond donors (Lipinski definition) is 3. The normalized spacial score (nSPS) is 16.1. The minimum absolute atomic E-state index is 0. The Morgan fingerprint density at radius 2 is 1.95 bits per heavy atom. The van der Waals surface area contributed by atoms with Gasteiger partial charge in [-0.25, -0.2) is 19.3 Å². The van der Waals surface area contributed by atoms with Crippen LogP contribution in [0.15, 0.2) is 35.3 Å². The Morgan fingerprint density at radius 3 is 2.67 bits per heavy atom. The number of oxazole rings is 1. The van der Waals surface area contributed by atoms with Crippen LogP contribution in [0.4, 0.5) is 10.2 Å². The molecule has 1 aromatic carbocycles. The van der Waals surface area contributed by atoms with Gasteiger partial charge in [0.2, 0.25) is 5.91 Å². The highest BCUT2D eigenvalue weighted by Gasteiger charge is 2.23. The van der Waals surface area contributed by atoms with Gasteiger partial charge in [0.25, 0.3) is 5.91 Å². The number of piperidine rings is 1. The highest BCUT2D eigenvalue weighted by atomic mass is 32.1. The molecule has 0 saturated carbocycles. The number of aryl methyl sites for hydroxylation is 1. The van der Waals surface area contributed by atoms with Gasteiger partial charge in [-0.2, -0.15) is 13.5 Å². The van der Waals surface area contributed by atoms with Gasteiger partial charge in [0.05, 0.1) is 11.8 Å². The Hall–Kier alpha value is -3.75. The van der Waals surface area contributed by atoms with Gasteiger partial charge in [0, 0.05) is 58.3 Å². The van der Waals surface area contributed by atoms with Crippen molar-refractivity contribution in [1.82, 2.24) is 30.1 Å². The Bertz CT molecular complexity index is 1420. The molecule has 14 heteroatoms. The second-order valence-corrected chi connectivity index (χ2v) is 10.8. The molecule has 0 spiro atoms. The standard InChI is InChI=1S/C29H36FN7O5.H2S/c1-18-27(42-17-34-18)15-41-26-10-20-3-6-36(13-21(20)9-24(26)30)14-23(39)12-31-29(40)25-11-28(33-16-32-25)35-22-4-7-37(8-5-22)19(2)38;/h9-11,16-17,22-23,39H,3-8,12-15H2,1-2H3,(H,31,40)(H,32,33,35);1H2/t23-;/m0./s1. The molecule has 0 bridgehead atoms. The van der Waals surface area contributed by atoms with E-state index in [9.17, 15) is 19.1 Å². The Labute approximate surface area is 256 Å². The predicted molar refractivity (Wildman–Crippen MR) is 161 cm³/mol. The first kappa shape index (κ1) is 32.2. The highest BCUT2D eigenvalue weighted by molar-refractivity contribution is 7.59. The van der Waals surface area contributed by atoms with Crippen LogP contribution in [0.2, 0.25) is 0 Å². The lowest BCUT2D eigenvalue weighted by Gasteiger charge is -2.31. The molecule has 0 radical (unpaired) electrons. The van der Waals surface area contributed by atoms with E-state index in [1.54, 1.807) is 26.0 Å². The second kappa shape index (κ2) is 14.6. The number of amides is 2. The van der Waals surface area contributed by atoms with Gasteiger partial charge in [-0.15, -0.1) is 0 Å². The molecule has 1 atom stereocenters. The lowest BCUT2D eigenvalue weighted by atomic mass is 9.99. The number of nitrogens with zero attached hydrogens (tertiary/aromatic N) is 5. The van der Waals surface area contributed by atoms with E-state index in [1.165, 1.54) is 18.8 Å². The fraction of sp³-hybridized carbons (Fsp3) is 0.483. The summed E-state index contributed by atoms with van der Waals surface area (Å²) in [5, 5.41) is 16.7. The largest absolute Gasteiger partial charge is 0.482 e. The number of fused-ring (bicyclic) bond motifs is 1. The second-order valence-electron chi connectivity index (χ2n) is 10.8. The van der Waals surface area contributed by atoms with Gasteiger partial charge in [-0.3, -0.25) is 14.5 Å². The van der Waals surface area contributed by atoms with E-state index < -0.39 is 17.8 Å². The number of likely N-dealkylation sites (tertiary alicyclic amines) is 1. The van der Waals surface area contributed by atoms with Gasteiger partial charge in [-0.05, 0) is 49.4 Å². The number of hydrogen-bond acceptors (Lipinski definition) is 10. The molecule has 1 fully saturated rings. The van der Waals surface area contributed by atoms with Crippen molar-refractivity contribution in [2.24, 2.45) is 0 Å². The molecule has 12 nitrogen and oxygen atoms in total. The molecule has 4 heterocycles. The number of aromatic nitrogens is 3. The van der Waals surface area contributed by atoms with Gasteiger partial charge in [0.15, 0.2) is 23.7 Å². The number of β-amino-alcohol motifs (C(OH)–C–C–N with tert-alkyl or cyclic N) is 1. The van der Waals surface area contributed by atoms with Crippen molar-refractivity contribution in [3.05, 3.63) is 65.0 Å². The Balaban J connectivity index is 0.00000423. The molecule has 2 aliphatic rings. The lowest BCUT2D eigenvalue weighted by molar-refractivity contribution is -0.129. The van der Waals surface area contributed by atoms with Gasteiger partial charge in [-0.1, -0.05) is 0 Å². The van der Waals surface area contributed by atoms with E-state index in [2.05, 4.69) is 25.6 Å². The number of carbonyl (C=O) groups excluding carboxylic acids is 2. The molecule has 1 saturated heterocycles. The van der Waals surface area contributed by atoms with Crippen molar-refractivity contribution in [2.75, 3.05) is 38.0 Å². The van der Waals surface area contributed by atoms with E-state index in [0.717, 1.165) is 24.0 Å². The van der Waals surface area contributed by atoms with Crippen LogP contribution in [0.25, 0.3) is 0 Å². The first-order valence-corrected chi connectivity index (χ1v) is 14.1. The van der Waals surface area contributed by atoms with Gasteiger partial charge >= 0.3 is 0 Å². The van der Waals surface area contributed by atoms with Crippen LogP contribution in [0.1, 0.15) is 52.8 Å². The maximum absolute atomic E-state index is 14.8. The number of ether oxygens (including phenoxy) is 1. The molecule has 2 aliphatic heterocycles. The van der Waals surface area contributed by atoms with Crippen molar-refractivity contribution in [3.63, 3.8) is 0 Å². The Kier molecular flexibility index (Phi) is 10.9. The van der Waals surface area contributed by atoms with E-state index >= 15 is 0 Å². The van der Waals surface area contributed by atoms with E-state index in [4.69, 9.17) is 9.15 Å². The molecule has 3 aromatic rings. The quantitative estimate of drug-likeness (QED) is 0.310.